The number of likely N-dealkylation sites (tertiary alicyclic amines) is 1. The second kappa shape index (κ2) is 10.6. The molecule has 2 aromatic rings. The molecule has 0 unspecified atom stereocenters. The molecule has 176 valence electrons. The SMILES string of the molecule is Cc1ccc(C(=O)N2CCC(NC(=O)NC3CCCCC3)CC2)cc1NC(=O)c1ccco1. The number of carbonyl (C=O) groups excluding carboxylic acids is 3. The minimum Gasteiger partial charge on any atom is -0.459 e. The van der Waals surface area contributed by atoms with Crippen LogP contribution in [0.5, 0.6) is 0 Å². The van der Waals surface area contributed by atoms with Gasteiger partial charge in [0.25, 0.3) is 11.8 Å². The Balaban J connectivity index is 1.29. The summed E-state index contributed by atoms with van der Waals surface area (Å²) in [6.45, 7) is 3.03. The zero-order valence-corrected chi connectivity index (χ0v) is 19.1. The van der Waals surface area contributed by atoms with Gasteiger partial charge in [-0.15, -0.1) is 0 Å². The number of piperidine rings is 1. The summed E-state index contributed by atoms with van der Waals surface area (Å²) in [4.78, 5) is 39.5. The Morgan fingerprint density at radius 2 is 1.64 bits per heavy atom. The van der Waals surface area contributed by atoms with Gasteiger partial charge in [-0.3, -0.25) is 9.59 Å². The lowest BCUT2D eigenvalue weighted by molar-refractivity contribution is 0.0708. The molecule has 0 bridgehead atoms. The topological polar surface area (TPSA) is 104 Å². The van der Waals surface area contributed by atoms with Gasteiger partial charge in [-0.05, 0) is 62.4 Å². The molecule has 1 saturated heterocycles. The minimum absolute atomic E-state index is 0.0683. The highest BCUT2D eigenvalue weighted by Gasteiger charge is 2.26. The van der Waals surface area contributed by atoms with E-state index in [1.165, 1.54) is 25.5 Å². The maximum absolute atomic E-state index is 13.1. The quantitative estimate of drug-likeness (QED) is 0.636. The van der Waals surface area contributed by atoms with E-state index in [0.717, 1.165) is 31.2 Å². The third-order valence-corrected chi connectivity index (χ3v) is 6.54. The number of aryl methyl sites for hydroxylation is 1. The first-order chi connectivity index (χ1) is 16.0. The number of carbonyl (C=O) groups is 3. The van der Waals surface area contributed by atoms with Gasteiger partial charge in [0, 0.05) is 36.4 Å². The third kappa shape index (κ3) is 5.94. The summed E-state index contributed by atoms with van der Waals surface area (Å²) in [6, 6.07) is 8.82. The van der Waals surface area contributed by atoms with Crippen molar-refractivity contribution < 1.29 is 18.8 Å². The van der Waals surface area contributed by atoms with E-state index in [4.69, 9.17) is 4.42 Å². The van der Waals surface area contributed by atoms with Crippen molar-refractivity contribution in [1.29, 1.82) is 0 Å². The number of benzene rings is 1. The van der Waals surface area contributed by atoms with Gasteiger partial charge in [-0.2, -0.15) is 0 Å². The molecule has 2 heterocycles. The highest BCUT2D eigenvalue weighted by Crippen LogP contribution is 2.21. The van der Waals surface area contributed by atoms with E-state index in [-0.39, 0.29) is 35.7 Å². The molecule has 1 aliphatic carbocycles. The van der Waals surface area contributed by atoms with Crippen molar-refractivity contribution in [1.82, 2.24) is 15.5 Å². The number of anilines is 1. The Kier molecular flexibility index (Phi) is 7.32. The smallest absolute Gasteiger partial charge is 0.315 e. The molecule has 3 N–H and O–H groups in total. The molecule has 1 aromatic heterocycles. The van der Waals surface area contributed by atoms with Crippen LogP contribution in [-0.2, 0) is 0 Å². The summed E-state index contributed by atoms with van der Waals surface area (Å²) in [5.41, 5.74) is 1.97. The van der Waals surface area contributed by atoms with E-state index < -0.39 is 0 Å². The lowest BCUT2D eigenvalue weighted by Crippen LogP contribution is -2.51. The van der Waals surface area contributed by atoms with E-state index >= 15 is 0 Å². The van der Waals surface area contributed by atoms with Gasteiger partial charge in [-0.25, -0.2) is 4.79 Å². The van der Waals surface area contributed by atoms with Crippen LogP contribution in [0.2, 0.25) is 0 Å². The number of nitrogens with one attached hydrogen (secondary N) is 3. The molecule has 4 amide bonds. The molecule has 0 spiro atoms. The van der Waals surface area contributed by atoms with Crippen LogP contribution in [0.1, 0.15) is 71.4 Å². The average Bonchev–Trinajstić information content (AvgIpc) is 3.36. The third-order valence-electron chi connectivity index (χ3n) is 6.54. The predicted molar refractivity (Wildman–Crippen MR) is 125 cm³/mol. The number of hydrogen-bond donors (Lipinski definition) is 3. The van der Waals surface area contributed by atoms with E-state index in [0.29, 0.717) is 24.3 Å². The largest absolute Gasteiger partial charge is 0.459 e. The first-order valence-corrected chi connectivity index (χ1v) is 11.8. The monoisotopic (exact) mass is 452 g/mol. The molecular formula is C25H32N4O4. The summed E-state index contributed by atoms with van der Waals surface area (Å²) in [5, 5.41) is 8.98. The van der Waals surface area contributed by atoms with Crippen molar-refractivity contribution in [3.63, 3.8) is 0 Å². The normalized spacial score (nSPS) is 17.4. The lowest BCUT2D eigenvalue weighted by Gasteiger charge is -2.33. The fraction of sp³-hybridized carbons (Fsp3) is 0.480. The van der Waals surface area contributed by atoms with Crippen LogP contribution >= 0.6 is 0 Å². The van der Waals surface area contributed by atoms with Crippen LogP contribution in [0, 0.1) is 6.92 Å². The molecule has 1 saturated carbocycles. The summed E-state index contributed by atoms with van der Waals surface area (Å²) in [7, 11) is 0. The molecular weight excluding hydrogens is 420 g/mol. The van der Waals surface area contributed by atoms with Crippen molar-refractivity contribution in [2.45, 2.75) is 64.0 Å². The Hall–Kier alpha value is -3.29. The maximum atomic E-state index is 13.1. The molecule has 33 heavy (non-hydrogen) atoms. The van der Waals surface area contributed by atoms with Crippen LogP contribution in [0.25, 0.3) is 0 Å². The van der Waals surface area contributed by atoms with E-state index in [9.17, 15) is 14.4 Å². The van der Waals surface area contributed by atoms with Crippen LogP contribution in [0.3, 0.4) is 0 Å². The summed E-state index contributed by atoms with van der Waals surface area (Å²) >= 11 is 0. The van der Waals surface area contributed by atoms with Gasteiger partial charge in [0.1, 0.15) is 0 Å². The van der Waals surface area contributed by atoms with Gasteiger partial charge in [0.2, 0.25) is 0 Å². The molecule has 2 fully saturated rings. The number of nitrogens with zero attached hydrogens (tertiary/aromatic N) is 1. The van der Waals surface area contributed by atoms with E-state index in [1.807, 2.05) is 13.0 Å². The predicted octanol–water partition coefficient (Wildman–Crippen LogP) is 4.08. The lowest BCUT2D eigenvalue weighted by atomic mass is 9.96. The molecule has 1 aromatic carbocycles. The van der Waals surface area contributed by atoms with Crippen molar-refractivity contribution in [3.05, 3.63) is 53.5 Å². The van der Waals surface area contributed by atoms with Crippen LogP contribution in [0.4, 0.5) is 10.5 Å². The first kappa shape index (κ1) is 22.9. The van der Waals surface area contributed by atoms with Crippen molar-refractivity contribution in [2.24, 2.45) is 0 Å². The van der Waals surface area contributed by atoms with Gasteiger partial charge < -0.3 is 25.3 Å². The van der Waals surface area contributed by atoms with Gasteiger partial charge in [0.05, 0.1) is 6.26 Å². The van der Waals surface area contributed by atoms with Crippen molar-refractivity contribution >= 4 is 23.5 Å². The zero-order chi connectivity index (χ0) is 23.2. The Morgan fingerprint density at radius 3 is 2.30 bits per heavy atom. The first-order valence-electron chi connectivity index (χ1n) is 11.8. The highest BCUT2D eigenvalue weighted by molar-refractivity contribution is 6.04. The van der Waals surface area contributed by atoms with Gasteiger partial charge in [0.15, 0.2) is 5.76 Å². The molecule has 4 rings (SSSR count). The molecule has 8 heteroatoms. The van der Waals surface area contributed by atoms with Crippen molar-refractivity contribution in [2.75, 3.05) is 18.4 Å². The fourth-order valence-corrected chi connectivity index (χ4v) is 4.55. The van der Waals surface area contributed by atoms with E-state index in [2.05, 4.69) is 16.0 Å². The van der Waals surface area contributed by atoms with Crippen molar-refractivity contribution in [3.8, 4) is 0 Å². The van der Waals surface area contributed by atoms with Gasteiger partial charge in [-0.1, -0.05) is 25.3 Å². The molecule has 0 atom stereocenters. The Morgan fingerprint density at radius 1 is 0.939 bits per heavy atom. The molecule has 8 nitrogen and oxygen atoms in total. The maximum Gasteiger partial charge on any atom is 0.315 e. The minimum atomic E-state index is -0.355. The number of amides is 4. The second-order valence-corrected chi connectivity index (χ2v) is 8.98. The van der Waals surface area contributed by atoms with Crippen LogP contribution in [-0.4, -0.2) is 47.9 Å². The summed E-state index contributed by atoms with van der Waals surface area (Å²) in [6.07, 6.45) is 8.61. The standard InChI is InChI=1S/C25H32N4O4/c1-17-9-10-18(16-21(17)28-23(30)22-8-5-15-33-22)24(31)29-13-11-20(12-14-29)27-25(32)26-19-6-3-2-4-7-19/h5,8-10,15-16,19-20H,2-4,6-7,11-14H2,1H3,(H,28,30)(H2,26,27,32). The fourth-order valence-electron chi connectivity index (χ4n) is 4.55. The number of hydrogen-bond acceptors (Lipinski definition) is 4. The average molecular weight is 453 g/mol. The zero-order valence-electron chi connectivity index (χ0n) is 19.1. The molecule has 1 aliphatic heterocycles. The Bertz CT molecular complexity index is 974. The highest BCUT2D eigenvalue weighted by atomic mass is 16.3. The van der Waals surface area contributed by atoms with Crippen LogP contribution < -0.4 is 16.0 Å². The Labute approximate surface area is 194 Å². The number of rotatable bonds is 5. The molecule has 0 radical (unpaired) electrons. The number of urea groups is 1. The second-order valence-electron chi connectivity index (χ2n) is 8.98. The summed E-state index contributed by atoms with van der Waals surface area (Å²) in [5.74, 6) is -0.215. The molecule has 2 aliphatic rings. The van der Waals surface area contributed by atoms with Gasteiger partial charge >= 0.3 is 6.03 Å². The summed E-state index contributed by atoms with van der Waals surface area (Å²) < 4.78 is 5.14. The number of furan rings is 1. The van der Waals surface area contributed by atoms with E-state index in [1.54, 1.807) is 29.2 Å². The van der Waals surface area contributed by atoms with Crippen LogP contribution in [0.15, 0.2) is 41.0 Å².